The lowest BCUT2D eigenvalue weighted by Gasteiger charge is -2.20. The van der Waals surface area contributed by atoms with Crippen LogP contribution in [0.3, 0.4) is 0 Å². The first-order chi connectivity index (χ1) is 7.66. The van der Waals surface area contributed by atoms with Crippen molar-refractivity contribution in [3.63, 3.8) is 0 Å². The van der Waals surface area contributed by atoms with Gasteiger partial charge in [-0.1, -0.05) is 0 Å². The van der Waals surface area contributed by atoms with Gasteiger partial charge in [0.05, 0.1) is 29.1 Å². The molecule has 1 aromatic heterocycles. The number of benzene rings is 1. The van der Waals surface area contributed by atoms with Crippen LogP contribution >= 0.6 is 33.9 Å². The molecule has 0 saturated carbocycles. The molecule has 2 rings (SSSR count). The lowest BCUT2D eigenvalue weighted by atomic mass is 10.2. The van der Waals surface area contributed by atoms with Crippen LogP contribution in [-0.2, 0) is 6.54 Å². The Morgan fingerprint density at radius 1 is 1.50 bits per heavy atom. The normalized spacial score (nSPS) is 10.4. The summed E-state index contributed by atoms with van der Waals surface area (Å²) in [5.41, 5.74) is 10.8. The number of halogens is 1. The Balaban J connectivity index is 2.17. The minimum atomic E-state index is 0.786. The topological polar surface area (TPSA) is 42.2 Å². The van der Waals surface area contributed by atoms with E-state index >= 15 is 0 Å². The van der Waals surface area contributed by atoms with Crippen molar-refractivity contribution in [2.45, 2.75) is 6.54 Å². The molecule has 0 aliphatic rings. The molecule has 0 amide bonds. The molecule has 0 aliphatic heterocycles. The molecule has 0 saturated heterocycles. The predicted molar refractivity (Wildman–Crippen MR) is 77.8 cm³/mol. The lowest BCUT2D eigenvalue weighted by Crippen LogP contribution is -2.17. The fourth-order valence-corrected chi connectivity index (χ4v) is 2.58. The van der Waals surface area contributed by atoms with Crippen LogP contribution < -0.4 is 10.6 Å². The van der Waals surface area contributed by atoms with Gasteiger partial charge in [-0.2, -0.15) is 0 Å². The molecule has 84 valence electrons. The van der Waals surface area contributed by atoms with Crippen molar-refractivity contribution < 1.29 is 0 Å². The predicted octanol–water partition coefficient (Wildman–Crippen LogP) is 2.97. The Labute approximate surface area is 112 Å². The second-order valence-corrected chi connectivity index (χ2v) is 5.50. The van der Waals surface area contributed by atoms with Crippen molar-refractivity contribution >= 4 is 45.3 Å². The Morgan fingerprint density at radius 2 is 2.31 bits per heavy atom. The maximum absolute atomic E-state index is 5.99. The highest BCUT2D eigenvalue weighted by molar-refractivity contribution is 14.1. The van der Waals surface area contributed by atoms with Crippen LogP contribution in [-0.4, -0.2) is 12.0 Å². The second kappa shape index (κ2) is 5.01. The van der Waals surface area contributed by atoms with Crippen molar-refractivity contribution in [3.05, 3.63) is 38.4 Å². The van der Waals surface area contributed by atoms with Gasteiger partial charge in [0.1, 0.15) is 0 Å². The largest absolute Gasteiger partial charge is 0.397 e. The standard InChI is InChI=1S/C11H12IN3S/c1-15(5-9-6-16-7-14-9)11-3-2-8(12)4-10(11)13/h2-4,6-7H,5,13H2,1H3. The van der Waals surface area contributed by atoms with Gasteiger partial charge < -0.3 is 10.6 Å². The maximum atomic E-state index is 5.99. The molecule has 16 heavy (non-hydrogen) atoms. The van der Waals surface area contributed by atoms with E-state index in [0.717, 1.165) is 27.2 Å². The highest BCUT2D eigenvalue weighted by Gasteiger charge is 2.07. The highest BCUT2D eigenvalue weighted by atomic mass is 127. The molecule has 0 fully saturated rings. The van der Waals surface area contributed by atoms with Crippen molar-refractivity contribution in [1.82, 2.24) is 4.98 Å². The number of rotatable bonds is 3. The number of anilines is 2. The van der Waals surface area contributed by atoms with Gasteiger partial charge in [-0.05, 0) is 40.8 Å². The molecule has 0 radical (unpaired) electrons. The quantitative estimate of drug-likeness (QED) is 0.687. The minimum Gasteiger partial charge on any atom is -0.397 e. The van der Waals surface area contributed by atoms with Gasteiger partial charge in [0.25, 0.3) is 0 Å². The molecular formula is C11H12IN3S. The van der Waals surface area contributed by atoms with Crippen LogP contribution in [0.5, 0.6) is 0 Å². The highest BCUT2D eigenvalue weighted by Crippen LogP contribution is 2.25. The summed E-state index contributed by atoms with van der Waals surface area (Å²) in [4.78, 5) is 6.38. The van der Waals surface area contributed by atoms with E-state index in [0.29, 0.717) is 0 Å². The number of hydrogen-bond donors (Lipinski definition) is 1. The summed E-state index contributed by atoms with van der Waals surface area (Å²) in [6, 6.07) is 6.08. The number of hydrogen-bond acceptors (Lipinski definition) is 4. The van der Waals surface area contributed by atoms with Crippen LogP contribution in [0.4, 0.5) is 11.4 Å². The van der Waals surface area contributed by atoms with Crippen LogP contribution in [0, 0.1) is 3.57 Å². The zero-order valence-electron chi connectivity index (χ0n) is 8.85. The maximum Gasteiger partial charge on any atom is 0.0795 e. The molecular weight excluding hydrogens is 333 g/mol. The van der Waals surface area contributed by atoms with E-state index in [4.69, 9.17) is 5.73 Å². The van der Waals surface area contributed by atoms with Gasteiger partial charge in [-0.3, -0.25) is 0 Å². The van der Waals surface area contributed by atoms with Gasteiger partial charge >= 0.3 is 0 Å². The second-order valence-electron chi connectivity index (χ2n) is 3.54. The van der Waals surface area contributed by atoms with Gasteiger partial charge in [0.15, 0.2) is 0 Å². The van der Waals surface area contributed by atoms with Crippen molar-refractivity contribution in [1.29, 1.82) is 0 Å². The van der Waals surface area contributed by atoms with E-state index in [1.165, 1.54) is 0 Å². The van der Waals surface area contributed by atoms with E-state index in [2.05, 4.69) is 43.9 Å². The summed E-state index contributed by atoms with van der Waals surface area (Å²) in [5.74, 6) is 0. The molecule has 0 aliphatic carbocycles. The summed E-state index contributed by atoms with van der Waals surface area (Å²) in [6.45, 7) is 0.786. The molecule has 0 atom stereocenters. The third-order valence-electron chi connectivity index (χ3n) is 2.28. The number of nitrogen functional groups attached to an aromatic ring is 1. The smallest absolute Gasteiger partial charge is 0.0795 e. The average molecular weight is 345 g/mol. The average Bonchev–Trinajstić information content (AvgIpc) is 2.70. The van der Waals surface area contributed by atoms with Gasteiger partial charge in [0.2, 0.25) is 0 Å². The number of nitrogens with zero attached hydrogens (tertiary/aromatic N) is 2. The Morgan fingerprint density at radius 3 is 2.94 bits per heavy atom. The Hall–Kier alpha value is -0.820. The zero-order chi connectivity index (χ0) is 11.5. The number of aromatic nitrogens is 1. The van der Waals surface area contributed by atoms with Crippen LogP contribution in [0.15, 0.2) is 29.1 Å². The lowest BCUT2D eigenvalue weighted by molar-refractivity contribution is 0.896. The molecule has 3 nitrogen and oxygen atoms in total. The van der Waals surface area contributed by atoms with E-state index in [-0.39, 0.29) is 0 Å². The van der Waals surface area contributed by atoms with Crippen LogP contribution in [0.1, 0.15) is 5.69 Å². The summed E-state index contributed by atoms with van der Waals surface area (Å²) in [7, 11) is 2.03. The summed E-state index contributed by atoms with van der Waals surface area (Å²) < 4.78 is 1.15. The SMILES string of the molecule is CN(Cc1cscn1)c1ccc(I)cc1N. The van der Waals surface area contributed by atoms with Crippen LogP contribution in [0.2, 0.25) is 0 Å². The van der Waals surface area contributed by atoms with Gasteiger partial charge in [0, 0.05) is 16.0 Å². The molecule has 0 spiro atoms. The Bertz CT molecular complexity index is 470. The molecule has 1 aromatic carbocycles. The summed E-state index contributed by atoms with van der Waals surface area (Å²) in [5, 5.41) is 2.05. The monoisotopic (exact) mass is 345 g/mol. The number of thiazole rings is 1. The van der Waals surface area contributed by atoms with Crippen molar-refractivity contribution in [3.8, 4) is 0 Å². The van der Waals surface area contributed by atoms with Crippen LogP contribution in [0.25, 0.3) is 0 Å². The summed E-state index contributed by atoms with van der Waals surface area (Å²) in [6.07, 6.45) is 0. The van der Waals surface area contributed by atoms with E-state index < -0.39 is 0 Å². The molecule has 0 unspecified atom stereocenters. The van der Waals surface area contributed by atoms with Crippen molar-refractivity contribution in [2.24, 2.45) is 0 Å². The molecule has 5 heteroatoms. The zero-order valence-corrected chi connectivity index (χ0v) is 11.8. The third-order valence-corrected chi connectivity index (χ3v) is 3.59. The van der Waals surface area contributed by atoms with Crippen molar-refractivity contribution in [2.75, 3.05) is 17.7 Å². The fourth-order valence-electron chi connectivity index (χ4n) is 1.52. The van der Waals surface area contributed by atoms with E-state index in [9.17, 15) is 0 Å². The first-order valence-electron chi connectivity index (χ1n) is 4.80. The third kappa shape index (κ3) is 2.65. The van der Waals surface area contributed by atoms with Gasteiger partial charge in [-0.25, -0.2) is 4.98 Å². The first-order valence-corrected chi connectivity index (χ1v) is 6.82. The molecule has 2 aromatic rings. The summed E-state index contributed by atoms with van der Waals surface area (Å²) >= 11 is 3.87. The minimum absolute atomic E-state index is 0.786. The molecule has 2 N–H and O–H groups in total. The molecule has 1 heterocycles. The van der Waals surface area contributed by atoms with E-state index in [1.807, 2.05) is 24.7 Å². The van der Waals surface area contributed by atoms with E-state index in [1.54, 1.807) is 11.3 Å². The molecule has 0 bridgehead atoms. The Kier molecular flexibility index (Phi) is 3.65. The first kappa shape index (κ1) is 11.7. The number of nitrogens with two attached hydrogens (primary N) is 1. The van der Waals surface area contributed by atoms with Gasteiger partial charge in [-0.15, -0.1) is 11.3 Å². The fraction of sp³-hybridized carbons (Fsp3) is 0.182.